The number of halogens is 2. The predicted octanol–water partition coefficient (Wildman–Crippen LogP) is 3.50. The summed E-state index contributed by atoms with van der Waals surface area (Å²) in [6.45, 7) is 1.27. The van der Waals surface area contributed by atoms with E-state index in [1.807, 2.05) is 0 Å². The molecule has 3 nitrogen and oxygen atoms in total. The number of benzene rings is 1. The number of rotatable bonds is 1. The van der Waals surface area contributed by atoms with Crippen molar-refractivity contribution in [1.82, 2.24) is 0 Å². The van der Waals surface area contributed by atoms with Gasteiger partial charge in [0.25, 0.3) is 0 Å². The minimum absolute atomic E-state index is 0.489. The first-order chi connectivity index (χ1) is 9.03. The maximum atomic E-state index is 10.8. The van der Waals surface area contributed by atoms with Crippen LogP contribution in [0.5, 0.6) is 0 Å². The molecule has 1 aliphatic heterocycles. The largest absolute Gasteiger partial charge is 0.385 e. The fourth-order valence-electron chi connectivity index (χ4n) is 2.95. The number of hydrogen-bond donors (Lipinski definition) is 1. The van der Waals surface area contributed by atoms with E-state index in [9.17, 15) is 5.11 Å². The van der Waals surface area contributed by atoms with E-state index < -0.39 is 11.4 Å². The summed E-state index contributed by atoms with van der Waals surface area (Å²) >= 11 is 12.2. The van der Waals surface area contributed by atoms with E-state index in [0.717, 1.165) is 0 Å². The van der Waals surface area contributed by atoms with Crippen LogP contribution in [-0.4, -0.2) is 24.1 Å². The summed E-state index contributed by atoms with van der Waals surface area (Å²) in [5.74, 6) is -0.489. The molecule has 1 spiro atoms. The first-order valence-electron chi connectivity index (χ1n) is 6.49. The van der Waals surface area contributed by atoms with Gasteiger partial charge in [0, 0.05) is 28.5 Å². The van der Waals surface area contributed by atoms with Crippen molar-refractivity contribution >= 4 is 23.2 Å². The second-order valence-electron chi connectivity index (χ2n) is 5.26. The van der Waals surface area contributed by atoms with Crippen molar-refractivity contribution in [3.63, 3.8) is 0 Å². The van der Waals surface area contributed by atoms with Crippen LogP contribution in [0.15, 0.2) is 18.2 Å². The predicted molar refractivity (Wildman–Crippen MR) is 73.5 cm³/mol. The Morgan fingerprint density at radius 2 is 1.63 bits per heavy atom. The van der Waals surface area contributed by atoms with E-state index in [-0.39, 0.29) is 0 Å². The zero-order valence-corrected chi connectivity index (χ0v) is 12.0. The van der Waals surface area contributed by atoms with Gasteiger partial charge < -0.3 is 14.6 Å². The van der Waals surface area contributed by atoms with Gasteiger partial charge in [0.15, 0.2) is 5.79 Å². The molecule has 5 heteroatoms. The Morgan fingerprint density at radius 3 is 2.26 bits per heavy atom. The van der Waals surface area contributed by atoms with Crippen LogP contribution in [0.3, 0.4) is 0 Å². The zero-order valence-electron chi connectivity index (χ0n) is 10.5. The van der Waals surface area contributed by atoms with Crippen LogP contribution in [0.4, 0.5) is 0 Å². The molecule has 19 heavy (non-hydrogen) atoms. The lowest BCUT2D eigenvalue weighted by atomic mass is 9.77. The SMILES string of the molecule is OC1(c2cc(Cl)ccc2Cl)CCC2(CC1)OCCO2. The smallest absolute Gasteiger partial charge is 0.168 e. The monoisotopic (exact) mass is 302 g/mol. The summed E-state index contributed by atoms with van der Waals surface area (Å²) in [5, 5.41) is 12.0. The topological polar surface area (TPSA) is 38.7 Å². The fourth-order valence-corrected chi connectivity index (χ4v) is 3.42. The van der Waals surface area contributed by atoms with E-state index in [0.29, 0.717) is 54.5 Å². The van der Waals surface area contributed by atoms with Crippen LogP contribution in [0.2, 0.25) is 10.0 Å². The first-order valence-corrected chi connectivity index (χ1v) is 7.25. The molecule has 1 heterocycles. The van der Waals surface area contributed by atoms with Gasteiger partial charge in [0.05, 0.1) is 18.8 Å². The maximum Gasteiger partial charge on any atom is 0.168 e. The third kappa shape index (κ3) is 2.50. The van der Waals surface area contributed by atoms with Crippen LogP contribution >= 0.6 is 23.2 Å². The quantitative estimate of drug-likeness (QED) is 0.863. The highest BCUT2D eigenvalue weighted by Gasteiger charge is 2.46. The van der Waals surface area contributed by atoms with Crippen molar-refractivity contribution in [3.8, 4) is 0 Å². The lowest BCUT2D eigenvalue weighted by molar-refractivity contribution is -0.204. The molecule has 1 N–H and O–H groups in total. The minimum atomic E-state index is -0.942. The second-order valence-corrected chi connectivity index (χ2v) is 6.11. The molecule has 0 radical (unpaired) electrons. The third-order valence-electron chi connectivity index (χ3n) is 4.08. The molecule has 0 amide bonds. The van der Waals surface area contributed by atoms with E-state index in [4.69, 9.17) is 32.7 Å². The van der Waals surface area contributed by atoms with Crippen molar-refractivity contribution in [3.05, 3.63) is 33.8 Å². The Balaban J connectivity index is 1.83. The van der Waals surface area contributed by atoms with Crippen molar-refractivity contribution in [2.24, 2.45) is 0 Å². The molecule has 1 aliphatic carbocycles. The molecule has 0 bridgehead atoms. The van der Waals surface area contributed by atoms with Gasteiger partial charge in [-0.25, -0.2) is 0 Å². The van der Waals surface area contributed by atoms with Crippen LogP contribution in [0.25, 0.3) is 0 Å². The summed E-state index contributed by atoms with van der Waals surface area (Å²) in [4.78, 5) is 0. The molecular weight excluding hydrogens is 287 g/mol. The summed E-state index contributed by atoms with van der Waals surface area (Å²) in [7, 11) is 0. The molecule has 2 aliphatic rings. The summed E-state index contributed by atoms with van der Waals surface area (Å²) < 4.78 is 11.3. The van der Waals surface area contributed by atoms with Crippen LogP contribution in [0, 0.1) is 0 Å². The molecular formula is C14H16Cl2O3. The van der Waals surface area contributed by atoms with Gasteiger partial charge in [-0.2, -0.15) is 0 Å². The van der Waals surface area contributed by atoms with Crippen molar-refractivity contribution in [2.75, 3.05) is 13.2 Å². The highest BCUT2D eigenvalue weighted by molar-refractivity contribution is 6.33. The maximum absolute atomic E-state index is 10.8. The highest BCUT2D eigenvalue weighted by Crippen LogP contribution is 2.46. The molecule has 3 rings (SSSR count). The van der Waals surface area contributed by atoms with Crippen molar-refractivity contribution < 1.29 is 14.6 Å². The molecule has 0 aromatic heterocycles. The molecule has 0 unspecified atom stereocenters. The molecule has 1 aromatic carbocycles. The van der Waals surface area contributed by atoms with Gasteiger partial charge >= 0.3 is 0 Å². The number of ether oxygens (including phenoxy) is 2. The third-order valence-corrected chi connectivity index (χ3v) is 4.65. The zero-order chi connectivity index (χ0) is 13.5. The summed E-state index contributed by atoms with van der Waals surface area (Å²) in [5.41, 5.74) is -0.239. The summed E-state index contributed by atoms with van der Waals surface area (Å²) in [6, 6.07) is 5.20. The van der Waals surface area contributed by atoms with Crippen molar-refractivity contribution in [2.45, 2.75) is 37.1 Å². The molecule has 0 atom stereocenters. The van der Waals surface area contributed by atoms with E-state index >= 15 is 0 Å². The molecule has 2 fully saturated rings. The van der Waals surface area contributed by atoms with E-state index in [2.05, 4.69) is 0 Å². The van der Waals surface area contributed by atoms with Gasteiger partial charge in [-0.05, 0) is 31.0 Å². The van der Waals surface area contributed by atoms with Gasteiger partial charge in [-0.3, -0.25) is 0 Å². The van der Waals surface area contributed by atoms with Crippen molar-refractivity contribution in [1.29, 1.82) is 0 Å². The van der Waals surface area contributed by atoms with Gasteiger partial charge in [0.1, 0.15) is 0 Å². The Hall–Kier alpha value is -0.320. The van der Waals surface area contributed by atoms with Crippen LogP contribution in [0.1, 0.15) is 31.2 Å². The van der Waals surface area contributed by atoms with E-state index in [1.54, 1.807) is 18.2 Å². The molecule has 1 aromatic rings. The lowest BCUT2D eigenvalue weighted by Gasteiger charge is -2.41. The Kier molecular flexibility index (Phi) is 3.52. The second kappa shape index (κ2) is 4.90. The fraction of sp³-hybridized carbons (Fsp3) is 0.571. The lowest BCUT2D eigenvalue weighted by Crippen LogP contribution is -2.42. The average Bonchev–Trinajstić information content (AvgIpc) is 2.85. The van der Waals surface area contributed by atoms with Crippen LogP contribution < -0.4 is 0 Å². The highest BCUT2D eigenvalue weighted by atomic mass is 35.5. The number of hydrogen-bond acceptors (Lipinski definition) is 3. The first kappa shape index (κ1) is 13.7. The average molecular weight is 303 g/mol. The van der Waals surface area contributed by atoms with Gasteiger partial charge in [-0.15, -0.1) is 0 Å². The molecule has 1 saturated carbocycles. The normalized spacial score (nSPS) is 24.8. The Bertz CT molecular complexity index is 474. The minimum Gasteiger partial charge on any atom is -0.385 e. The van der Waals surface area contributed by atoms with Gasteiger partial charge in [-0.1, -0.05) is 23.2 Å². The Morgan fingerprint density at radius 1 is 1.00 bits per heavy atom. The van der Waals surface area contributed by atoms with E-state index in [1.165, 1.54) is 0 Å². The standard InChI is InChI=1S/C14H16Cl2O3/c15-10-1-2-12(16)11(9-10)13(17)3-5-14(6-4-13)18-7-8-19-14/h1-2,9,17H,3-8H2. The Labute approximate surface area is 122 Å². The summed E-state index contributed by atoms with van der Waals surface area (Å²) in [6.07, 6.45) is 2.47. The number of aliphatic hydroxyl groups is 1. The van der Waals surface area contributed by atoms with Gasteiger partial charge in [0.2, 0.25) is 0 Å². The van der Waals surface area contributed by atoms with Crippen LogP contribution in [-0.2, 0) is 15.1 Å². The molecule has 1 saturated heterocycles. The molecule has 104 valence electrons.